The molecule has 7 heteroatoms. The van der Waals surface area contributed by atoms with Crippen molar-refractivity contribution in [1.82, 2.24) is 10.3 Å². The summed E-state index contributed by atoms with van der Waals surface area (Å²) in [6.45, 7) is 0.406. The Kier molecular flexibility index (Phi) is 5.86. The van der Waals surface area contributed by atoms with Crippen LogP contribution in [0.2, 0.25) is 0 Å². The highest BCUT2D eigenvalue weighted by molar-refractivity contribution is 5.94. The number of carbonyl (C=O) groups excluding carboxylic acids is 2. The fourth-order valence-electron chi connectivity index (χ4n) is 2.57. The van der Waals surface area contributed by atoms with E-state index >= 15 is 0 Å². The van der Waals surface area contributed by atoms with Gasteiger partial charge in [-0.15, -0.1) is 0 Å². The van der Waals surface area contributed by atoms with Crippen molar-refractivity contribution in [3.05, 3.63) is 78.1 Å². The Labute approximate surface area is 161 Å². The lowest BCUT2D eigenvalue weighted by atomic mass is 10.1. The third-order valence-electron chi connectivity index (χ3n) is 4.03. The molecule has 0 saturated carbocycles. The van der Waals surface area contributed by atoms with Gasteiger partial charge in [0.05, 0.1) is 6.54 Å². The van der Waals surface area contributed by atoms with Crippen LogP contribution in [0.3, 0.4) is 0 Å². The Morgan fingerprint density at radius 3 is 2.43 bits per heavy atom. The molecule has 142 valence electrons. The molecule has 0 aliphatic carbocycles. The van der Waals surface area contributed by atoms with Gasteiger partial charge in [0.1, 0.15) is 6.61 Å². The minimum absolute atomic E-state index is 0.156. The summed E-state index contributed by atoms with van der Waals surface area (Å²) in [6, 6.07) is 15.2. The SMILES string of the molecule is NC(=O)c1ccc(OCCNC(=O)c2ccc(-c3cccnc3)cc2)c(O)c1. The molecule has 4 N–H and O–H groups in total. The number of aromatic nitrogens is 1. The van der Waals surface area contributed by atoms with Crippen molar-refractivity contribution in [1.29, 1.82) is 0 Å². The van der Waals surface area contributed by atoms with Crippen molar-refractivity contribution < 1.29 is 19.4 Å². The molecule has 0 saturated heterocycles. The molecule has 2 aromatic carbocycles. The third-order valence-corrected chi connectivity index (χ3v) is 4.03. The Balaban J connectivity index is 1.50. The van der Waals surface area contributed by atoms with Crippen LogP contribution in [0.15, 0.2) is 67.0 Å². The van der Waals surface area contributed by atoms with Crippen LogP contribution >= 0.6 is 0 Å². The molecule has 28 heavy (non-hydrogen) atoms. The number of primary amides is 1. The first-order chi connectivity index (χ1) is 13.5. The fourth-order valence-corrected chi connectivity index (χ4v) is 2.57. The van der Waals surface area contributed by atoms with E-state index in [1.165, 1.54) is 18.2 Å². The van der Waals surface area contributed by atoms with Crippen molar-refractivity contribution in [2.75, 3.05) is 13.2 Å². The quantitative estimate of drug-likeness (QED) is 0.547. The van der Waals surface area contributed by atoms with E-state index in [0.717, 1.165) is 11.1 Å². The number of phenols is 1. The maximum absolute atomic E-state index is 12.2. The molecule has 0 atom stereocenters. The molecule has 0 unspecified atom stereocenters. The molecule has 2 amide bonds. The highest BCUT2D eigenvalue weighted by Gasteiger charge is 2.08. The summed E-state index contributed by atoms with van der Waals surface area (Å²) in [5.74, 6) is -0.841. The summed E-state index contributed by atoms with van der Waals surface area (Å²) >= 11 is 0. The number of hydrogen-bond acceptors (Lipinski definition) is 5. The van der Waals surface area contributed by atoms with Crippen LogP contribution in [0.4, 0.5) is 0 Å². The maximum Gasteiger partial charge on any atom is 0.251 e. The molecule has 7 nitrogen and oxygen atoms in total. The normalized spacial score (nSPS) is 10.3. The van der Waals surface area contributed by atoms with Gasteiger partial charge in [-0.25, -0.2) is 0 Å². The molecule has 1 aromatic heterocycles. The predicted molar refractivity (Wildman–Crippen MR) is 104 cm³/mol. The highest BCUT2D eigenvalue weighted by atomic mass is 16.5. The third kappa shape index (κ3) is 4.64. The van der Waals surface area contributed by atoms with E-state index in [2.05, 4.69) is 10.3 Å². The number of nitrogens with zero attached hydrogens (tertiary/aromatic N) is 1. The smallest absolute Gasteiger partial charge is 0.251 e. The molecular formula is C21H19N3O4. The zero-order valence-electron chi connectivity index (χ0n) is 15.0. The standard InChI is InChI=1S/C21H19N3O4/c22-20(26)16-7-8-19(18(25)12-16)28-11-10-24-21(27)15-5-3-14(4-6-15)17-2-1-9-23-13-17/h1-9,12-13,25H,10-11H2,(H2,22,26)(H,24,27). The lowest BCUT2D eigenvalue weighted by Crippen LogP contribution is -2.28. The monoisotopic (exact) mass is 377 g/mol. The number of carbonyl (C=O) groups is 2. The second-order valence-electron chi connectivity index (χ2n) is 5.97. The molecular weight excluding hydrogens is 358 g/mol. The van der Waals surface area contributed by atoms with E-state index in [4.69, 9.17) is 10.5 Å². The van der Waals surface area contributed by atoms with Crippen LogP contribution in [0.25, 0.3) is 11.1 Å². The van der Waals surface area contributed by atoms with Gasteiger partial charge in [0.25, 0.3) is 5.91 Å². The summed E-state index contributed by atoms with van der Waals surface area (Å²) in [5.41, 5.74) is 7.81. The van der Waals surface area contributed by atoms with E-state index in [-0.39, 0.29) is 36.1 Å². The lowest BCUT2D eigenvalue weighted by molar-refractivity contribution is 0.0945. The van der Waals surface area contributed by atoms with Crippen LogP contribution in [0, 0.1) is 0 Å². The van der Waals surface area contributed by atoms with E-state index in [1.807, 2.05) is 24.3 Å². The number of benzene rings is 2. The first-order valence-corrected chi connectivity index (χ1v) is 8.59. The van der Waals surface area contributed by atoms with Crippen LogP contribution in [0.1, 0.15) is 20.7 Å². The fraction of sp³-hybridized carbons (Fsp3) is 0.0952. The van der Waals surface area contributed by atoms with Crippen molar-refractivity contribution in [3.8, 4) is 22.6 Å². The average Bonchev–Trinajstić information content (AvgIpc) is 2.72. The predicted octanol–water partition coefficient (Wildman–Crippen LogP) is 2.36. The number of phenolic OH excluding ortho intramolecular Hbond substituents is 1. The number of rotatable bonds is 7. The number of ether oxygens (including phenoxy) is 1. The number of pyridine rings is 1. The van der Waals surface area contributed by atoms with Gasteiger partial charge in [0, 0.05) is 23.5 Å². The lowest BCUT2D eigenvalue weighted by Gasteiger charge is -2.10. The van der Waals surface area contributed by atoms with Gasteiger partial charge in [-0.2, -0.15) is 0 Å². The van der Waals surface area contributed by atoms with E-state index < -0.39 is 5.91 Å². The minimum atomic E-state index is -0.636. The Morgan fingerprint density at radius 1 is 1.04 bits per heavy atom. The molecule has 3 rings (SSSR count). The van der Waals surface area contributed by atoms with E-state index in [1.54, 1.807) is 24.5 Å². The van der Waals surface area contributed by atoms with Crippen molar-refractivity contribution in [2.24, 2.45) is 5.73 Å². The van der Waals surface area contributed by atoms with E-state index in [0.29, 0.717) is 5.56 Å². The van der Waals surface area contributed by atoms with Gasteiger partial charge in [-0.3, -0.25) is 14.6 Å². The van der Waals surface area contributed by atoms with Crippen LogP contribution in [-0.2, 0) is 0 Å². The topological polar surface area (TPSA) is 115 Å². The first-order valence-electron chi connectivity index (χ1n) is 8.59. The molecule has 0 fully saturated rings. The highest BCUT2D eigenvalue weighted by Crippen LogP contribution is 2.26. The largest absolute Gasteiger partial charge is 0.504 e. The van der Waals surface area contributed by atoms with Gasteiger partial charge in [-0.1, -0.05) is 18.2 Å². The van der Waals surface area contributed by atoms with Crippen molar-refractivity contribution in [3.63, 3.8) is 0 Å². The average molecular weight is 377 g/mol. The molecule has 0 bridgehead atoms. The molecule has 0 aliphatic heterocycles. The summed E-state index contributed by atoms with van der Waals surface area (Å²) in [6.07, 6.45) is 3.47. The van der Waals surface area contributed by atoms with Gasteiger partial charge in [0.15, 0.2) is 11.5 Å². The number of nitrogens with two attached hydrogens (primary N) is 1. The molecule has 0 aliphatic rings. The summed E-state index contributed by atoms with van der Waals surface area (Å²) in [5, 5.41) is 12.6. The maximum atomic E-state index is 12.2. The molecule has 0 radical (unpaired) electrons. The number of amides is 2. The second-order valence-corrected chi connectivity index (χ2v) is 5.97. The molecule has 0 spiro atoms. The van der Waals surface area contributed by atoms with Gasteiger partial charge in [-0.05, 0) is 47.5 Å². The van der Waals surface area contributed by atoms with Crippen LogP contribution < -0.4 is 15.8 Å². The Hall–Kier alpha value is -3.87. The van der Waals surface area contributed by atoms with Crippen LogP contribution in [-0.4, -0.2) is 35.1 Å². The number of hydrogen-bond donors (Lipinski definition) is 3. The number of aromatic hydroxyl groups is 1. The van der Waals surface area contributed by atoms with E-state index in [9.17, 15) is 14.7 Å². The number of nitrogens with one attached hydrogen (secondary N) is 1. The first kappa shape index (κ1) is 18.9. The van der Waals surface area contributed by atoms with Crippen LogP contribution in [0.5, 0.6) is 11.5 Å². The van der Waals surface area contributed by atoms with Crippen molar-refractivity contribution >= 4 is 11.8 Å². The molecule has 3 aromatic rings. The zero-order valence-corrected chi connectivity index (χ0v) is 15.0. The Morgan fingerprint density at radius 2 is 1.79 bits per heavy atom. The Bertz CT molecular complexity index is 973. The summed E-state index contributed by atoms with van der Waals surface area (Å²) in [7, 11) is 0. The molecule has 1 heterocycles. The zero-order chi connectivity index (χ0) is 19.9. The second kappa shape index (κ2) is 8.68. The van der Waals surface area contributed by atoms with Gasteiger partial charge < -0.3 is 20.9 Å². The summed E-state index contributed by atoms with van der Waals surface area (Å²) < 4.78 is 5.41. The minimum Gasteiger partial charge on any atom is -0.504 e. The van der Waals surface area contributed by atoms with Crippen molar-refractivity contribution in [2.45, 2.75) is 0 Å². The summed E-state index contributed by atoms with van der Waals surface area (Å²) in [4.78, 5) is 27.3. The van der Waals surface area contributed by atoms with Gasteiger partial charge in [0.2, 0.25) is 5.91 Å². The van der Waals surface area contributed by atoms with Gasteiger partial charge >= 0.3 is 0 Å².